The van der Waals surface area contributed by atoms with Gasteiger partial charge in [-0.15, -0.1) is 0 Å². The van der Waals surface area contributed by atoms with Crippen LogP contribution < -0.4 is 11.1 Å². The number of nitrogens with two attached hydrogens (primary N) is 1. The molecule has 0 heterocycles. The van der Waals surface area contributed by atoms with Crippen molar-refractivity contribution in [3.8, 4) is 0 Å². The zero-order valence-electron chi connectivity index (χ0n) is 11.3. The quantitative estimate of drug-likeness (QED) is 0.143. The number of carbonyl (C=O) groups is 3. The third-order valence-corrected chi connectivity index (χ3v) is 2.09. The minimum Gasteiger partial charge on any atom is -0.480 e. The van der Waals surface area contributed by atoms with Gasteiger partial charge in [0.05, 0.1) is 13.1 Å². The molecule has 0 aliphatic carbocycles. The fraction of sp³-hybridized carbons (Fsp3) is 0.700. The molecule has 22 heavy (non-hydrogen) atoms. The van der Waals surface area contributed by atoms with Gasteiger partial charge in [-0.25, -0.2) is 0 Å². The summed E-state index contributed by atoms with van der Waals surface area (Å²) in [5.41, 5.74) is 4.78. The summed E-state index contributed by atoms with van der Waals surface area (Å²) in [6, 6.07) is 0. The number of aldehydes is 1. The highest BCUT2D eigenvalue weighted by Gasteiger charge is 2.32. The second kappa shape index (κ2) is 11.9. The van der Waals surface area contributed by atoms with Crippen LogP contribution in [0.2, 0.25) is 0 Å². The molecule has 0 fully saturated rings. The molecule has 12 nitrogen and oxygen atoms in total. The van der Waals surface area contributed by atoms with Crippen LogP contribution in [0.3, 0.4) is 0 Å². The Balaban J connectivity index is 0. The third kappa shape index (κ3) is 11.0. The van der Waals surface area contributed by atoms with E-state index in [0.717, 1.165) is 0 Å². The van der Waals surface area contributed by atoms with Crippen LogP contribution in [0.15, 0.2) is 0 Å². The molecule has 0 aromatic rings. The molecule has 0 saturated heterocycles. The number of aliphatic hydroxyl groups excluding tert-OH is 5. The van der Waals surface area contributed by atoms with Crippen molar-refractivity contribution in [3.05, 3.63) is 0 Å². The van der Waals surface area contributed by atoms with E-state index in [1.54, 1.807) is 0 Å². The van der Waals surface area contributed by atoms with Crippen LogP contribution in [0.5, 0.6) is 0 Å². The minimum absolute atomic E-state index is 0.0104. The van der Waals surface area contributed by atoms with Gasteiger partial charge in [0, 0.05) is 0 Å². The molecule has 0 rings (SSSR count). The van der Waals surface area contributed by atoms with Gasteiger partial charge in [-0.2, -0.15) is 0 Å². The molecule has 0 aromatic carbocycles. The summed E-state index contributed by atoms with van der Waals surface area (Å²) in [4.78, 5) is 29.4. The number of rotatable bonds is 9. The second-order valence-electron chi connectivity index (χ2n) is 3.98. The van der Waals surface area contributed by atoms with Crippen LogP contribution >= 0.6 is 0 Å². The predicted molar refractivity (Wildman–Crippen MR) is 68.4 cm³/mol. The Morgan fingerprint density at radius 3 is 1.59 bits per heavy atom. The van der Waals surface area contributed by atoms with E-state index in [-0.39, 0.29) is 19.4 Å². The summed E-state index contributed by atoms with van der Waals surface area (Å²) < 4.78 is 0. The lowest BCUT2D eigenvalue weighted by molar-refractivity contribution is -0.143. The van der Waals surface area contributed by atoms with Crippen molar-refractivity contribution in [2.75, 3.05) is 13.1 Å². The van der Waals surface area contributed by atoms with Crippen molar-refractivity contribution in [1.29, 1.82) is 0 Å². The van der Waals surface area contributed by atoms with Crippen LogP contribution in [-0.2, 0) is 14.4 Å². The van der Waals surface area contributed by atoms with E-state index in [1.807, 2.05) is 0 Å². The second-order valence-corrected chi connectivity index (χ2v) is 3.98. The SMILES string of the molecule is NC(O)[C@@H](O)[C@@H](O)[C@H](O)[C@@H](O)C=O.O=C(O)CNCC(=O)O. The van der Waals surface area contributed by atoms with Gasteiger partial charge in [-0.1, -0.05) is 0 Å². The van der Waals surface area contributed by atoms with Gasteiger partial charge in [-0.05, 0) is 0 Å². The van der Waals surface area contributed by atoms with Gasteiger partial charge in [0.2, 0.25) is 0 Å². The first-order valence-electron chi connectivity index (χ1n) is 5.80. The van der Waals surface area contributed by atoms with Gasteiger partial charge >= 0.3 is 11.9 Å². The lowest BCUT2D eigenvalue weighted by atomic mass is 10.0. The maximum atomic E-state index is 9.95. The van der Waals surface area contributed by atoms with Crippen molar-refractivity contribution < 1.29 is 50.1 Å². The van der Waals surface area contributed by atoms with E-state index in [1.165, 1.54) is 0 Å². The monoisotopic (exact) mass is 328 g/mol. The number of hydrogen-bond donors (Lipinski definition) is 9. The fourth-order valence-electron chi connectivity index (χ4n) is 0.963. The Morgan fingerprint density at radius 2 is 1.32 bits per heavy atom. The molecular formula is C10H20N2O10. The summed E-state index contributed by atoms with van der Waals surface area (Å²) in [5, 5.41) is 62.3. The van der Waals surface area contributed by atoms with E-state index in [0.29, 0.717) is 0 Å². The smallest absolute Gasteiger partial charge is 0.317 e. The van der Waals surface area contributed by atoms with Gasteiger partial charge in [0.1, 0.15) is 30.6 Å². The Bertz CT molecular complexity index is 337. The summed E-state index contributed by atoms with van der Waals surface area (Å²) in [6.07, 6.45) is -9.20. The lowest BCUT2D eigenvalue weighted by Crippen LogP contribution is -2.51. The zero-order chi connectivity index (χ0) is 17.9. The lowest BCUT2D eigenvalue weighted by Gasteiger charge is -2.25. The average Bonchev–Trinajstić information content (AvgIpc) is 2.43. The molecule has 0 aliphatic heterocycles. The standard InChI is InChI=1S/C6H13NO6.C4H7NO4/c7-6(13)5(12)4(11)3(10)2(9)1-8;6-3(7)1-5-2-4(8)9/h1-6,9-13H,7H2;5H,1-2H2,(H,6,7)(H,8,9)/t2-,3+,4-,5-,6?;/m0./s1. The molecule has 0 radical (unpaired) electrons. The van der Waals surface area contributed by atoms with E-state index in [9.17, 15) is 14.4 Å². The maximum Gasteiger partial charge on any atom is 0.317 e. The highest BCUT2D eigenvalue weighted by molar-refractivity contribution is 5.72. The fourth-order valence-corrected chi connectivity index (χ4v) is 0.963. The van der Waals surface area contributed by atoms with E-state index in [2.05, 4.69) is 5.32 Å². The summed E-state index contributed by atoms with van der Waals surface area (Å²) in [5.74, 6) is -2.12. The Kier molecular flexibility index (Phi) is 12.3. The largest absolute Gasteiger partial charge is 0.480 e. The number of aliphatic carboxylic acids is 2. The summed E-state index contributed by atoms with van der Waals surface area (Å²) in [6.45, 7) is -0.626. The Morgan fingerprint density at radius 1 is 0.909 bits per heavy atom. The molecule has 0 saturated carbocycles. The number of aliphatic hydroxyl groups is 5. The van der Waals surface area contributed by atoms with Crippen molar-refractivity contribution in [3.63, 3.8) is 0 Å². The Hall–Kier alpha value is -1.67. The number of carbonyl (C=O) groups excluding carboxylic acids is 1. The highest BCUT2D eigenvalue weighted by atomic mass is 16.4. The molecule has 1 unspecified atom stereocenters. The predicted octanol–water partition coefficient (Wildman–Crippen LogP) is -5.35. The Labute approximate surface area is 124 Å². The number of carboxylic acids is 2. The summed E-state index contributed by atoms with van der Waals surface area (Å²) >= 11 is 0. The van der Waals surface area contributed by atoms with Crippen molar-refractivity contribution in [1.82, 2.24) is 5.32 Å². The zero-order valence-corrected chi connectivity index (χ0v) is 11.3. The van der Waals surface area contributed by atoms with Crippen LogP contribution in [0.25, 0.3) is 0 Å². The first-order valence-corrected chi connectivity index (χ1v) is 5.80. The average molecular weight is 328 g/mol. The van der Waals surface area contributed by atoms with Gasteiger partial charge in [-0.3, -0.25) is 14.9 Å². The molecule has 12 heteroatoms. The van der Waals surface area contributed by atoms with E-state index < -0.39 is 42.6 Å². The number of hydrogen-bond acceptors (Lipinski definition) is 10. The van der Waals surface area contributed by atoms with Crippen molar-refractivity contribution in [2.45, 2.75) is 30.6 Å². The molecule has 0 aliphatic rings. The molecule has 0 aromatic heterocycles. The van der Waals surface area contributed by atoms with Crippen molar-refractivity contribution in [2.24, 2.45) is 5.73 Å². The van der Waals surface area contributed by atoms with Crippen LogP contribution in [0, 0.1) is 0 Å². The van der Waals surface area contributed by atoms with Gasteiger partial charge < -0.3 is 46.3 Å². The van der Waals surface area contributed by atoms with Crippen LogP contribution in [0.1, 0.15) is 0 Å². The molecule has 0 bridgehead atoms. The van der Waals surface area contributed by atoms with E-state index in [4.69, 9.17) is 41.5 Å². The van der Waals surface area contributed by atoms with Gasteiger partial charge in [0.25, 0.3) is 0 Å². The van der Waals surface area contributed by atoms with Crippen LogP contribution in [-0.4, -0.2) is 97.7 Å². The third-order valence-electron chi connectivity index (χ3n) is 2.09. The van der Waals surface area contributed by atoms with Gasteiger partial charge in [0.15, 0.2) is 6.29 Å². The maximum absolute atomic E-state index is 9.95. The summed E-state index contributed by atoms with van der Waals surface area (Å²) in [7, 11) is 0. The molecule has 5 atom stereocenters. The van der Waals surface area contributed by atoms with Crippen LogP contribution in [0.4, 0.5) is 0 Å². The highest BCUT2D eigenvalue weighted by Crippen LogP contribution is 2.05. The topological polar surface area (TPSA) is 231 Å². The molecule has 10 N–H and O–H groups in total. The molecule has 0 amide bonds. The molecule has 0 spiro atoms. The number of carboxylic acid groups (broad SMARTS) is 2. The first-order chi connectivity index (χ1) is 10.0. The minimum atomic E-state index is -1.89. The van der Waals surface area contributed by atoms with E-state index >= 15 is 0 Å². The normalized spacial score (nSPS) is 17.2. The molecule has 130 valence electrons. The first kappa shape index (κ1) is 22.6. The molecular weight excluding hydrogens is 308 g/mol. The van der Waals surface area contributed by atoms with Crippen molar-refractivity contribution >= 4 is 18.2 Å². The number of nitrogens with one attached hydrogen (secondary N) is 1.